The van der Waals surface area contributed by atoms with E-state index in [4.69, 9.17) is 49.8 Å². The highest BCUT2D eigenvalue weighted by molar-refractivity contribution is 6.27. The van der Waals surface area contributed by atoms with Crippen molar-refractivity contribution in [2.45, 2.75) is 0 Å². The molecule has 11 N–H and O–H groups in total. The Balaban J connectivity index is -0.0000000638. The van der Waals surface area contributed by atoms with Crippen LogP contribution in [-0.2, 0) is 19.2 Å². The van der Waals surface area contributed by atoms with Crippen molar-refractivity contribution in [1.82, 2.24) is 16.8 Å². The Morgan fingerprint density at radius 1 is 0.696 bits per heavy atom. The Morgan fingerprint density at radius 3 is 0.957 bits per heavy atom. The van der Waals surface area contributed by atoms with Crippen molar-refractivity contribution >= 4 is 23.9 Å². The van der Waals surface area contributed by atoms with E-state index in [0.717, 1.165) is 0 Å². The number of carboxylic acid groups (broad SMARTS) is 4. The van der Waals surface area contributed by atoms with Crippen LogP contribution < -0.4 is 16.8 Å². The van der Waals surface area contributed by atoms with E-state index < -0.39 is 23.9 Å². The lowest BCUT2D eigenvalue weighted by atomic mass is 10.6. The SMILES string of the molecule is CNC.N.O=C(O)C(=O)O.O=C(O)C(=O)O.OCCNCCO. The van der Waals surface area contributed by atoms with E-state index in [1.54, 1.807) is 0 Å². The number of hydrogen-bond donors (Lipinski definition) is 9. The van der Waals surface area contributed by atoms with Gasteiger partial charge in [-0.05, 0) is 14.1 Å². The fraction of sp³-hybridized carbons (Fsp3) is 0.600. The van der Waals surface area contributed by atoms with Crippen molar-refractivity contribution < 1.29 is 49.8 Å². The molecule has 0 aromatic carbocycles. The Morgan fingerprint density at radius 2 is 0.870 bits per heavy atom. The minimum Gasteiger partial charge on any atom is -0.473 e. The second-order valence-electron chi connectivity index (χ2n) is 2.92. The summed E-state index contributed by atoms with van der Waals surface area (Å²) in [7, 11) is 3.75. The summed E-state index contributed by atoms with van der Waals surface area (Å²) in [6.07, 6.45) is 0. The van der Waals surface area contributed by atoms with Crippen molar-refractivity contribution in [2.75, 3.05) is 40.4 Å². The van der Waals surface area contributed by atoms with Gasteiger partial charge in [0.1, 0.15) is 0 Å². The third-order valence-corrected chi connectivity index (χ3v) is 0.943. The quantitative estimate of drug-likeness (QED) is 0.180. The number of aliphatic hydroxyl groups is 2. The molecule has 0 heterocycles. The molecule has 0 fully saturated rings. The molecule has 13 nitrogen and oxygen atoms in total. The molecule has 140 valence electrons. The molecule has 0 bridgehead atoms. The Labute approximate surface area is 132 Å². The fourth-order valence-corrected chi connectivity index (χ4v) is 0.283. The van der Waals surface area contributed by atoms with Crippen LogP contribution in [0.1, 0.15) is 0 Å². The number of nitrogens with one attached hydrogen (secondary N) is 2. The molecule has 0 aliphatic rings. The van der Waals surface area contributed by atoms with Gasteiger partial charge in [0.25, 0.3) is 0 Å². The highest BCUT2D eigenvalue weighted by atomic mass is 16.4. The van der Waals surface area contributed by atoms with Crippen LogP contribution in [-0.4, -0.2) is 94.9 Å². The van der Waals surface area contributed by atoms with Crippen LogP contribution in [0.3, 0.4) is 0 Å². The van der Waals surface area contributed by atoms with Crippen LogP contribution in [0.4, 0.5) is 0 Å². The van der Waals surface area contributed by atoms with Crippen molar-refractivity contribution in [3.8, 4) is 0 Å². The van der Waals surface area contributed by atoms with Crippen LogP contribution in [0.5, 0.6) is 0 Å². The largest absolute Gasteiger partial charge is 0.473 e. The first-order chi connectivity index (χ1) is 10.1. The lowest BCUT2D eigenvalue weighted by Crippen LogP contribution is -2.21. The number of carboxylic acids is 4. The van der Waals surface area contributed by atoms with Crippen molar-refractivity contribution in [3.63, 3.8) is 0 Å². The summed E-state index contributed by atoms with van der Waals surface area (Å²) in [5, 5.41) is 51.4. The summed E-state index contributed by atoms with van der Waals surface area (Å²) in [4.78, 5) is 36.4. The summed E-state index contributed by atoms with van der Waals surface area (Å²) in [6, 6.07) is 0. The van der Waals surface area contributed by atoms with Crippen molar-refractivity contribution in [3.05, 3.63) is 0 Å². The average Bonchev–Trinajstić information content (AvgIpc) is 2.41. The van der Waals surface area contributed by atoms with Gasteiger partial charge in [0.05, 0.1) is 13.2 Å². The maximum absolute atomic E-state index is 9.10. The Bertz CT molecular complexity index is 259. The summed E-state index contributed by atoms with van der Waals surface area (Å²) in [5.74, 6) is -7.30. The average molecular weight is 347 g/mol. The molecule has 0 aromatic heterocycles. The zero-order chi connectivity index (χ0) is 18.6. The molecule has 0 rings (SSSR count). The topological polar surface area (TPSA) is 249 Å². The van der Waals surface area contributed by atoms with E-state index in [9.17, 15) is 0 Å². The number of hydrogen-bond acceptors (Lipinski definition) is 9. The number of carbonyl (C=O) groups is 4. The monoisotopic (exact) mass is 347 g/mol. The Hall–Kier alpha value is -2.32. The first-order valence-electron chi connectivity index (χ1n) is 5.55. The number of aliphatic carboxylic acids is 4. The molecule has 0 radical (unpaired) electrons. The van der Waals surface area contributed by atoms with E-state index in [2.05, 4.69) is 10.6 Å². The first-order valence-corrected chi connectivity index (χ1v) is 5.55. The third-order valence-electron chi connectivity index (χ3n) is 0.943. The molecular weight excluding hydrogens is 322 g/mol. The van der Waals surface area contributed by atoms with Gasteiger partial charge in [-0.15, -0.1) is 0 Å². The second kappa shape index (κ2) is 27.9. The molecule has 0 saturated heterocycles. The van der Waals surface area contributed by atoms with Gasteiger partial charge in [-0.1, -0.05) is 0 Å². The van der Waals surface area contributed by atoms with E-state index in [1.807, 2.05) is 14.1 Å². The molecule has 0 aliphatic heterocycles. The van der Waals surface area contributed by atoms with Crippen LogP contribution in [0.2, 0.25) is 0 Å². The zero-order valence-corrected chi connectivity index (χ0v) is 12.9. The maximum Gasteiger partial charge on any atom is 0.414 e. The minimum absolute atomic E-state index is 0. The molecular formula is C10H25N3O10. The molecule has 0 aliphatic carbocycles. The molecule has 0 saturated carbocycles. The molecule has 0 atom stereocenters. The molecule has 0 spiro atoms. The lowest BCUT2D eigenvalue weighted by Gasteiger charge is -1.94. The summed E-state index contributed by atoms with van der Waals surface area (Å²) >= 11 is 0. The van der Waals surface area contributed by atoms with E-state index in [-0.39, 0.29) is 19.4 Å². The fourth-order valence-electron chi connectivity index (χ4n) is 0.283. The zero-order valence-electron chi connectivity index (χ0n) is 12.9. The van der Waals surface area contributed by atoms with Gasteiger partial charge in [-0.25, -0.2) is 19.2 Å². The molecule has 0 amide bonds. The molecule has 13 heteroatoms. The smallest absolute Gasteiger partial charge is 0.414 e. The van der Waals surface area contributed by atoms with Crippen molar-refractivity contribution in [2.24, 2.45) is 0 Å². The van der Waals surface area contributed by atoms with Crippen LogP contribution in [0.15, 0.2) is 0 Å². The lowest BCUT2D eigenvalue weighted by molar-refractivity contribution is -0.159. The maximum atomic E-state index is 9.10. The predicted molar refractivity (Wildman–Crippen MR) is 77.6 cm³/mol. The van der Waals surface area contributed by atoms with Gasteiger partial charge in [-0.3, -0.25) is 0 Å². The van der Waals surface area contributed by atoms with Crippen LogP contribution >= 0.6 is 0 Å². The van der Waals surface area contributed by atoms with Gasteiger partial charge in [0.2, 0.25) is 0 Å². The number of rotatable bonds is 4. The van der Waals surface area contributed by atoms with E-state index >= 15 is 0 Å². The second-order valence-corrected chi connectivity index (χ2v) is 2.92. The van der Waals surface area contributed by atoms with Gasteiger partial charge in [0.15, 0.2) is 0 Å². The highest BCUT2D eigenvalue weighted by Gasteiger charge is 2.04. The first kappa shape index (κ1) is 32.6. The van der Waals surface area contributed by atoms with Gasteiger partial charge < -0.3 is 47.4 Å². The summed E-state index contributed by atoms with van der Waals surface area (Å²) in [6.45, 7) is 1.42. The molecule has 0 aromatic rings. The minimum atomic E-state index is -1.82. The molecule has 23 heavy (non-hydrogen) atoms. The normalized spacial score (nSPS) is 7.48. The summed E-state index contributed by atoms with van der Waals surface area (Å²) < 4.78 is 0. The van der Waals surface area contributed by atoms with Crippen LogP contribution in [0, 0.1) is 0 Å². The van der Waals surface area contributed by atoms with Gasteiger partial charge in [0, 0.05) is 13.1 Å². The standard InChI is InChI=1S/C4H11NO2.C2H7N.2C2H2O4.H3N/c6-3-1-5-2-4-7;1-3-2;2*3-1(4)2(5)6;/h5-7H,1-4H2;3H,1-2H3;2*(H,3,4)(H,5,6);1H3. The van der Waals surface area contributed by atoms with Gasteiger partial charge in [-0.2, -0.15) is 0 Å². The van der Waals surface area contributed by atoms with E-state index in [0.29, 0.717) is 13.1 Å². The predicted octanol–water partition coefficient (Wildman–Crippen LogP) is -3.13. The molecule has 0 unspecified atom stereocenters. The summed E-state index contributed by atoms with van der Waals surface area (Å²) in [5.41, 5.74) is 0. The van der Waals surface area contributed by atoms with Crippen molar-refractivity contribution in [1.29, 1.82) is 0 Å². The number of aliphatic hydroxyl groups excluding tert-OH is 2. The highest BCUT2D eigenvalue weighted by Crippen LogP contribution is 1.57. The third kappa shape index (κ3) is 65.7. The van der Waals surface area contributed by atoms with Crippen LogP contribution in [0.25, 0.3) is 0 Å². The van der Waals surface area contributed by atoms with E-state index in [1.165, 1.54) is 0 Å². The Kier molecular flexibility index (Phi) is 39.6. The van der Waals surface area contributed by atoms with Gasteiger partial charge >= 0.3 is 23.9 Å².